The monoisotopic (exact) mass is 589 g/mol. The van der Waals surface area contributed by atoms with Gasteiger partial charge in [0, 0.05) is 44.7 Å². The van der Waals surface area contributed by atoms with Crippen molar-refractivity contribution < 1.29 is 18.3 Å². The molecule has 0 saturated heterocycles. The Morgan fingerprint density at radius 3 is 2.79 bits per heavy atom. The lowest BCUT2D eigenvalue weighted by atomic mass is 10.0. The molecule has 1 saturated carbocycles. The second-order valence-electron chi connectivity index (χ2n) is 11.7. The van der Waals surface area contributed by atoms with Crippen molar-refractivity contribution in [3.8, 4) is 17.4 Å². The topological polar surface area (TPSA) is 122 Å². The predicted molar refractivity (Wildman–Crippen MR) is 156 cm³/mol. The molecule has 0 bridgehead atoms. The third kappa shape index (κ3) is 5.01. The van der Waals surface area contributed by atoms with Crippen LogP contribution in [0.2, 0.25) is 0 Å². The fourth-order valence-corrected chi connectivity index (χ4v) is 5.83. The van der Waals surface area contributed by atoms with Gasteiger partial charge in [-0.15, -0.1) is 0 Å². The zero-order valence-electron chi connectivity index (χ0n) is 24.1. The van der Waals surface area contributed by atoms with Crippen LogP contribution in [-0.2, 0) is 20.0 Å². The van der Waals surface area contributed by atoms with E-state index in [9.17, 15) is 13.6 Å². The highest BCUT2D eigenvalue weighted by Crippen LogP contribution is 2.38. The number of hydrogen-bond donors (Lipinski definition) is 1. The number of carbonyl (C=O) groups is 1. The maximum atomic E-state index is 13.5. The van der Waals surface area contributed by atoms with E-state index in [-0.39, 0.29) is 25.1 Å². The highest BCUT2D eigenvalue weighted by atomic mass is 19.1. The summed E-state index contributed by atoms with van der Waals surface area (Å²) in [6.45, 7) is 2.94. The summed E-state index contributed by atoms with van der Waals surface area (Å²) in [6.07, 6.45) is 7.39. The van der Waals surface area contributed by atoms with Crippen molar-refractivity contribution in [1.82, 2.24) is 38.5 Å². The maximum absolute atomic E-state index is 13.5. The molecule has 224 valence electrons. The molecule has 1 aliphatic heterocycles. The molecule has 1 amide bonds. The summed E-state index contributed by atoms with van der Waals surface area (Å²) < 4.78 is 38.6. The summed E-state index contributed by atoms with van der Waals surface area (Å²) in [6, 6.07) is 4.98. The van der Waals surface area contributed by atoms with Crippen LogP contribution in [0.4, 0.5) is 8.78 Å². The normalized spacial score (nSPS) is 16.7. The van der Waals surface area contributed by atoms with Crippen molar-refractivity contribution in [3.05, 3.63) is 54.1 Å². The molecule has 1 aliphatic carbocycles. The number of rotatable bonds is 10. The highest BCUT2D eigenvalue weighted by molar-refractivity contribution is 5.99. The van der Waals surface area contributed by atoms with Gasteiger partial charge < -0.3 is 29.1 Å². The van der Waals surface area contributed by atoms with Crippen molar-refractivity contribution >= 4 is 28.0 Å². The molecular formula is C30H33F2N9O2. The van der Waals surface area contributed by atoms with Crippen LogP contribution in [0, 0.1) is 11.9 Å². The minimum atomic E-state index is -0.711. The van der Waals surface area contributed by atoms with Crippen LogP contribution in [0.3, 0.4) is 0 Å². The molecule has 0 unspecified atom stereocenters. The van der Waals surface area contributed by atoms with E-state index >= 15 is 0 Å². The Morgan fingerprint density at radius 2 is 2.05 bits per heavy atom. The zero-order chi connectivity index (χ0) is 29.8. The first-order chi connectivity index (χ1) is 20.8. The summed E-state index contributed by atoms with van der Waals surface area (Å²) in [7, 11) is 1.93. The lowest BCUT2D eigenvalue weighted by Crippen LogP contribution is -2.45. The first-order valence-corrected chi connectivity index (χ1v) is 14.6. The van der Waals surface area contributed by atoms with Gasteiger partial charge in [0.15, 0.2) is 11.5 Å². The number of fused-ring (bicyclic) bond motifs is 3. The SMILES string of the molecule is C[C@H](COc1nccc2cc(-c3nc4cc5c(nc4n3C)CCN(C[C@H](N)CF)C5=O)n(CC3CC3)c12)n1cnc(F)c1. The second kappa shape index (κ2) is 10.7. The average Bonchev–Trinajstić information content (AvgIpc) is 3.46. The van der Waals surface area contributed by atoms with E-state index in [2.05, 4.69) is 20.6 Å². The number of hydrogen-bond acceptors (Lipinski definition) is 7. The van der Waals surface area contributed by atoms with Crippen LogP contribution in [0.25, 0.3) is 33.6 Å². The summed E-state index contributed by atoms with van der Waals surface area (Å²) in [4.78, 5) is 32.9. The number of imidazole rings is 2. The van der Waals surface area contributed by atoms with Gasteiger partial charge in [-0.05, 0) is 43.9 Å². The number of carbonyl (C=O) groups excluding carboxylic acids is 1. The van der Waals surface area contributed by atoms with Gasteiger partial charge in [0.2, 0.25) is 11.8 Å². The summed E-state index contributed by atoms with van der Waals surface area (Å²) >= 11 is 0. The van der Waals surface area contributed by atoms with E-state index in [4.69, 9.17) is 20.4 Å². The quantitative estimate of drug-likeness (QED) is 0.264. The fraction of sp³-hybridized carbons (Fsp3) is 0.433. The molecule has 11 nitrogen and oxygen atoms in total. The van der Waals surface area contributed by atoms with Crippen molar-refractivity contribution in [1.29, 1.82) is 0 Å². The number of alkyl halides is 1. The molecule has 5 aromatic rings. The van der Waals surface area contributed by atoms with Gasteiger partial charge in [0.25, 0.3) is 5.91 Å². The van der Waals surface area contributed by atoms with Crippen molar-refractivity contribution in [2.45, 2.75) is 44.8 Å². The average molecular weight is 590 g/mol. The molecule has 13 heteroatoms. The van der Waals surface area contributed by atoms with Gasteiger partial charge in [-0.3, -0.25) is 4.79 Å². The van der Waals surface area contributed by atoms with Crippen LogP contribution in [0.15, 0.2) is 36.9 Å². The Kier molecular flexibility index (Phi) is 6.83. The van der Waals surface area contributed by atoms with Crippen molar-refractivity contribution in [3.63, 3.8) is 0 Å². The molecule has 5 aromatic heterocycles. The third-order valence-corrected chi connectivity index (χ3v) is 8.39. The molecule has 1 fully saturated rings. The molecule has 43 heavy (non-hydrogen) atoms. The van der Waals surface area contributed by atoms with Gasteiger partial charge in [-0.2, -0.15) is 4.39 Å². The Morgan fingerprint density at radius 1 is 1.21 bits per heavy atom. The predicted octanol–water partition coefficient (Wildman–Crippen LogP) is 3.67. The van der Waals surface area contributed by atoms with Gasteiger partial charge in [0.05, 0.1) is 41.6 Å². The molecule has 2 atom stereocenters. The number of ether oxygens (including phenoxy) is 1. The van der Waals surface area contributed by atoms with E-state index in [1.807, 2.05) is 24.6 Å². The lowest BCUT2D eigenvalue weighted by molar-refractivity contribution is 0.0723. The molecular weight excluding hydrogens is 556 g/mol. The molecule has 2 aliphatic rings. The van der Waals surface area contributed by atoms with Gasteiger partial charge in [-0.25, -0.2) is 24.3 Å². The molecule has 2 N–H and O–H groups in total. The number of aromatic nitrogens is 7. The Bertz CT molecular complexity index is 1840. The van der Waals surface area contributed by atoms with E-state index in [0.29, 0.717) is 47.2 Å². The largest absolute Gasteiger partial charge is 0.474 e. The van der Waals surface area contributed by atoms with Crippen LogP contribution >= 0.6 is 0 Å². The first-order valence-electron chi connectivity index (χ1n) is 14.6. The number of amides is 1. The van der Waals surface area contributed by atoms with Crippen molar-refractivity contribution in [2.24, 2.45) is 18.7 Å². The van der Waals surface area contributed by atoms with Gasteiger partial charge >= 0.3 is 0 Å². The summed E-state index contributed by atoms with van der Waals surface area (Å²) in [5, 5.41) is 0.969. The molecule has 0 radical (unpaired) electrons. The zero-order valence-corrected chi connectivity index (χ0v) is 24.1. The number of nitrogens with zero attached hydrogens (tertiary/aromatic N) is 8. The van der Waals surface area contributed by atoms with E-state index < -0.39 is 18.7 Å². The molecule has 7 rings (SSSR count). The number of halogens is 2. The minimum Gasteiger partial charge on any atom is -0.474 e. The second-order valence-corrected chi connectivity index (χ2v) is 11.7. The smallest absolute Gasteiger partial charge is 0.255 e. The van der Waals surface area contributed by atoms with Crippen molar-refractivity contribution in [2.75, 3.05) is 26.4 Å². The minimum absolute atomic E-state index is 0.149. The Labute approximate surface area is 246 Å². The fourth-order valence-electron chi connectivity index (χ4n) is 5.83. The molecule has 6 heterocycles. The molecule has 0 aromatic carbocycles. The summed E-state index contributed by atoms with van der Waals surface area (Å²) in [5.74, 6) is 1.04. The number of nitrogens with two attached hydrogens (primary N) is 1. The number of aryl methyl sites for hydroxylation is 1. The Balaban J connectivity index is 1.27. The lowest BCUT2D eigenvalue weighted by Gasteiger charge is -2.29. The van der Waals surface area contributed by atoms with Crippen LogP contribution in [0.5, 0.6) is 5.88 Å². The van der Waals surface area contributed by atoms with E-state index in [0.717, 1.165) is 41.8 Å². The highest BCUT2D eigenvalue weighted by Gasteiger charge is 2.30. The maximum Gasteiger partial charge on any atom is 0.255 e. The van der Waals surface area contributed by atoms with E-state index in [1.165, 1.54) is 12.5 Å². The van der Waals surface area contributed by atoms with Gasteiger partial charge in [-0.1, -0.05) is 0 Å². The van der Waals surface area contributed by atoms with Crippen LogP contribution < -0.4 is 10.5 Å². The van der Waals surface area contributed by atoms with Crippen LogP contribution in [-0.4, -0.2) is 76.9 Å². The third-order valence-electron chi connectivity index (χ3n) is 8.39. The first kappa shape index (κ1) is 27.4. The van der Waals surface area contributed by atoms with Crippen LogP contribution in [0.1, 0.15) is 41.9 Å². The van der Waals surface area contributed by atoms with Gasteiger partial charge in [0.1, 0.15) is 24.3 Å². The standard InChI is InChI=1S/C30H33F2N9O2/c1-17(40-14-25(32)35-16-40)15-43-29-26-19(5-7-34-29)9-24(41(26)12-18-3-4-18)28-37-23-10-21-22(36-27(23)38(28)2)6-8-39(30(21)42)13-20(33)11-31/h5,7,9-10,14,16-18,20H,3-4,6,8,11-13,15,33H2,1-2H3/t17-,20-/m1/s1. The summed E-state index contributed by atoms with van der Waals surface area (Å²) in [5.41, 5.74) is 10.1. The number of pyridine rings is 2. The Hall–Kier alpha value is -4.39. The van der Waals surface area contributed by atoms with E-state index in [1.54, 1.807) is 21.7 Å². The molecule has 0 spiro atoms.